The Kier molecular flexibility index (Phi) is 3.74. The van der Waals surface area contributed by atoms with Gasteiger partial charge in [-0.2, -0.15) is 0 Å². The van der Waals surface area contributed by atoms with Crippen LogP contribution in [-0.4, -0.2) is 24.2 Å². The van der Waals surface area contributed by atoms with Crippen molar-refractivity contribution < 1.29 is 14.3 Å². The fourth-order valence-corrected chi connectivity index (χ4v) is 2.48. The van der Waals surface area contributed by atoms with E-state index in [4.69, 9.17) is 0 Å². The summed E-state index contributed by atoms with van der Waals surface area (Å²) < 4.78 is 13.7. The lowest BCUT2D eigenvalue weighted by Crippen LogP contribution is -2.36. The van der Waals surface area contributed by atoms with E-state index in [1.807, 2.05) is 0 Å². The van der Waals surface area contributed by atoms with Gasteiger partial charge in [0, 0.05) is 5.56 Å². The van der Waals surface area contributed by atoms with Crippen LogP contribution in [0.5, 0.6) is 0 Å². The molecule has 2 rings (SSSR count). The Morgan fingerprint density at radius 1 is 1.47 bits per heavy atom. The van der Waals surface area contributed by atoms with Gasteiger partial charge in [0.2, 0.25) is 0 Å². The van der Waals surface area contributed by atoms with Gasteiger partial charge in [0.1, 0.15) is 5.82 Å². The molecular formula is C13H16FNO2. The number of carbonyl (C=O) groups is 1. The maximum Gasteiger partial charge on any atom is 0.311 e. The maximum absolute atomic E-state index is 13.7. The zero-order valence-electron chi connectivity index (χ0n) is 9.53. The van der Waals surface area contributed by atoms with Gasteiger partial charge in [-0.3, -0.25) is 4.79 Å². The van der Waals surface area contributed by atoms with Crippen LogP contribution in [0.1, 0.15) is 24.3 Å². The largest absolute Gasteiger partial charge is 0.481 e. The van der Waals surface area contributed by atoms with Crippen molar-refractivity contribution in [3.63, 3.8) is 0 Å². The van der Waals surface area contributed by atoms with E-state index in [9.17, 15) is 14.3 Å². The number of hydrogen-bond donors (Lipinski definition) is 2. The van der Waals surface area contributed by atoms with E-state index in [2.05, 4.69) is 5.32 Å². The number of aliphatic carboxylic acids is 1. The van der Waals surface area contributed by atoms with Gasteiger partial charge in [0.25, 0.3) is 0 Å². The van der Waals surface area contributed by atoms with Crippen LogP contribution in [-0.2, 0) is 4.79 Å². The highest BCUT2D eigenvalue weighted by atomic mass is 19.1. The van der Waals surface area contributed by atoms with E-state index in [0.717, 1.165) is 19.4 Å². The predicted octanol–water partition coefficient (Wildman–Crippen LogP) is 1.99. The lowest BCUT2D eigenvalue weighted by molar-refractivity contribution is -0.140. The Hall–Kier alpha value is -1.42. The third kappa shape index (κ3) is 2.64. The summed E-state index contributed by atoms with van der Waals surface area (Å²) in [6.45, 7) is 1.56. The number of carboxylic acid groups (broad SMARTS) is 1. The Labute approximate surface area is 99.7 Å². The van der Waals surface area contributed by atoms with Crippen molar-refractivity contribution >= 4 is 5.97 Å². The standard InChI is InChI=1S/C13H16FNO2/c14-11-6-2-1-5-10(11)12(13(16)17)9-4-3-7-15-8-9/h1-2,5-6,9,12,15H,3-4,7-8H2,(H,16,17). The molecule has 1 fully saturated rings. The molecule has 2 unspecified atom stereocenters. The van der Waals surface area contributed by atoms with Crippen LogP contribution in [0.4, 0.5) is 4.39 Å². The van der Waals surface area contributed by atoms with E-state index < -0.39 is 17.7 Å². The normalized spacial score (nSPS) is 22.1. The zero-order valence-corrected chi connectivity index (χ0v) is 9.53. The second-order valence-electron chi connectivity index (χ2n) is 4.44. The van der Waals surface area contributed by atoms with Crippen molar-refractivity contribution in [1.29, 1.82) is 0 Å². The molecule has 1 aromatic carbocycles. The van der Waals surface area contributed by atoms with E-state index in [-0.39, 0.29) is 5.92 Å². The Morgan fingerprint density at radius 2 is 2.24 bits per heavy atom. The van der Waals surface area contributed by atoms with Crippen molar-refractivity contribution in [2.45, 2.75) is 18.8 Å². The van der Waals surface area contributed by atoms with Gasteiger partial charge in [0.05, 0.1) is 5.92 Å². The first kappa shape index (κ1) is 12.0. The van der Waals surface area contributed by atoms with E-state index in [1.165, 1.54) is 6.07 Å². The molecule has 2 atom stereocenters. The van der Waals surface area contributed by atoms with Crippen molar-refractivity contribution in [3.8, 4) is 0 Å². The van der Waals surface area contributed by atoms with Gasteiger partial charge in [0.15, 0.2) is 0 Å². The lowest BCUT2D eigenvalue weighted by Gasteiger charge is -2.28. The molecule has 92 valence electrons. The topological polar surface area (TPSA) is 49.3 Å². The van der Waals surface area contributed by atoms with Gasteiger partial charge in [-0.25, -0.2) is 4.39 Å². The second-order valence-corrected chi connectivity index (χ2v) is 4.44. The van der Waals surface area contributed by atoms with Crippen molar-refractivity contribution in [2.24, 2.45) is 5.92 Å². The summed E-state index contributed by atoms with van der Waals surface area (Å²) in [6.07, 6.45) is 1.78. The average molecular weight is 237 g/mol. The minimum Gasteiger partial charge on any atom is -0.481 e. The summed E-state index contributed by atoms with van der Waals surface area (Å²) in [5.74, 6) is -2.14. The molecule has 0 saturated carbocycles. The second kappa shape index (κ2) is 5.27. The van der Waals surface area contributed by atoms with Crippen LogP contribution < -0.4 is 5.32 Å². The highest BCUT2D eigenvalue weighted by Gasteiger charge is 2.32. The highest BCUT2D eigenvalue weighted by Crippen LogP contribution is 2.31. The molecule has 0 amide bonds. The summed E-state index contributed by atoms with van der Waals surface area (Å²) in [7, 11) is 0. The monoisotopic (exact) mass is 237 g/mol. The Morgan fingerprint density at radius 3 is 2.82 bits per heavy atom. The van der Waals surface area contributed by atoms with E-state index >= 15 is 0 Å². The van der Waals surface area contributed by atoms with Crippen molar-refractivity contribution in [3.05, 3.63) is 35.6 Å². The molecule has 17 heavy (non-hydrogen) atoms. The number of halogens is 1. The molecule has 0 radical (unpaired) electrons. The number of hydrogen-bond acceptors (Lipinski definition) is 2. The third-order valence-electron chi connectivity index (χ3n) is 3.31. The summed E-state index contributed by atoms with van der Waals surface area (Å²) in [5, 5.41) is 12.5. The van der Waals surface area contributed by atoms with Gasteiger partial charge in [-0.05, 0) is 37.9 Å². The summed E-state index contributed by atoms with van der Waals surface area (Å²) in [6, 6.07) is 6.16. The number of nitrogens with one attached hydrogen (secondary N) is 1. The van der Waals surface area contributed by atoms with Gasteiger partial charge < -0.3 is 10.4 Å². The summed E-state index contributed by atoms with van der Waals surface area (Å²) in [5.41, 5.74) is 0.300. The molecule has 0 spiro atoms. The van der Waals surface area contributed by atoms with Gasteiger partial charge in [-0.1, -0.05) is 18.2 Å². The number of rotatable bonds is 3. The highest BCUT2D eigenvalue weighted by molar-refractivity contribution is 5.76. The summed E-state index contributed by atoms with van der Waals surface area (Å²) >= 11 is 0. The summed E-state index contributed by atoms with van der Waals surface area (Å²) in [4.78, 5) is 11.4. The molecule has 1 aliphatic heterocycles. The van der Waals surface area contributed by atoms with E-state index in [1.54, 1.807) is 18.2 Å². The minimum atomic E-state index is -0.941. The molecular weight excluding hydrogens is 221 g/mol. The fraction of sp³-hybridized carbons (Fsp3) is 0.462. The van der Waals surface area contributed by atoms with Crippen LogP contribution in [0.15, 0.2) is 24.3 Å². The first-order valence-electron chi connectivity index (χ1n) is 5.88. The Bertz CT molecular complexity index is 402. The van der Waals surface area contributed by atoms with Crippen LogP contribution in [0.25, 0.3) is 0 Å². The molecule has 1 aliphatic rings. The molecule has 1 heterocycles. The molecule has 3 nitrogen and oxygen atoms in total. The first-order chi connectivity index (χ1) is 8.20. The molecule has 2 N–H and O–H groups in total. The molecule has 0 bridgehead atoms. The fourth-order valence-electron chi connectivity index (χ4n) is 2.48. The Balaban J connectivity index is 2.28. The molecule has 0 aliphatic carbocycles. The smallest absolute Gasteiger partial charge is 0.311 e. The van der Waals surface area contributed by atoms with Crippen LogP contribution in [0, 0.1) is 11.7 Å². The van der Waals surface area contributed by atoms with Crippen molar-refractivity contribution in [2.75, 3.05) is 13.1 Å². The van der Waals surface area contributed by atoms with Gasteiger partial charge >= 0.3 is 5.97 Å². The van der Waals surface area contributed by atoms with Crippen molar-refractivity contribution in [1.82, 2.24) is 5.32 Å². The quantitative estimate of drug-likeness (QED) is 0.845. The van der Waals surface area contributed by atoms with Crippen LogP contribution in [0.2, 0.25) is 0 Å². The van der Waals surface area contributed by atoms with Crippen LogP contribution in [0.3, 0.4) is 0 Å². The number of benzene rings is 1. The average Bonchev–Trinajstić information content (AvgIpc) is 2.33. The molecule has 1 aromatic rings. The molecule has 1 saturated heterocycles. The van der Waals surface area contributed by atoms with Crippen LogP contribution >= 0.6 is 0 Å². The molecule has 0 aromatic heterocycles. The predicted molar refractivity (Wildman–Crippen MR) is 62.4 cm³/mol. The van der Waals surface area contributed by atoms with Gasteiger partial charge in [-0.15, -0.1) is 0 Å². The maximum atomic E-state index is 13.7. The number of carboxylic acids is 1. The molecule has 4 heteroatoms. The third-order valence-corrected chi connectivity index (χ3v) is 3.31. The first-order valence-corrected chi connectivity index (χ1v) is 5.88. The zero-order chi connectivity index (χ0) is 12.3. The van der Waals surface area contributed by atoms with E-state index in [0.29, 0.717) is 12.1 Å². The lowest BCUT2D eigenvalue weighted by atomic mass is 9.81. The minimum absolute atomic E-state index is 0.0295. The SMILES string of the molecule is O=C(O)C(c1ccccc1F)C1CCCNC1. The number of piperidine rings is 1.